The van der Waals surface area contributed by atoms with E-state index in [0.717, 1.165) is 24.5 Å². The van der Waals surface area contributed by atoms with E-state index in [-0.39, 0.29) is 5.82 Å². The van der Waals surface area contributed by atoms with Gasteiger partial charge >= 0.3 is 0 Å². The predicted octanol–water partition coefficient (Wildman–Crippen LogP) is 2.77. The van der Waals surface area contributed by atoms with Gasteiger partial charge in [-0.3, -0.25) is 0 Å². The molecule has 4 nitrogen and oxygen atoms in total. The summed E-state index contributed by atoms with van der Waals surface area (Å²) < 4.78 is 18.4. The van der Waals surface area contributed by atoms with Crippen molar-refractivity contribution in [3.05, 3.63) is 36.1 Å². The van der Waals surface area contributed by atoms with Crippen LogP contribution in [-0.2, 0) is 0 Å². The molecule has 3 aliphatic heterocycles. The summed E-state index contributed by atoms with van der Waals surface area (Å²) in [6.45, 7) is 4.46. The van der Waals surface area contributed by atoms with Crippen LogP contribution in [0.1, 0.15) is 12.8 Å². The van der Waals surface area contributed by atoms with Crippen LogP contribution >= 0.6 is 0 Å². The van der Waals surface area contributed by atoms with Crippen LogP contribution in [0.15, 0.2) is 34.9 Å². The first-order chi connectivity index (χ1) is 10.3. The molecular weight excluding hydrogens is 269 g/mol. The first-order valence-electron chi connectivity index (χ1n) is 7.51. The number of hydrogen-bond donors (Lipinski definition) is 0. The van der Waals surface area contributed by atoms with Crippen LogP contribution in [-0.4, -0.2) is 42.3 Å². The van der Waals surface area contributed by atoms with Crippen LogP contribution in [0.2, 0.25) is 0 Å². The van der Waals surface area contributed by atoms with Crippen LogP contribution in [0.4, 0.5) is 10.2 Å². The molecule has 3 fully saturated rings. The zero-order chi connectivity index (χ0) is 14.2. The van der Waals surface area contributed by atoms with E-state index in [1.807, 2.05) is 6.07 Å². The summed E-state index contributed by atoms with van der Waals surface area (Å²) in [5, 5.41) is 4.24. The number of piperidine rings is 1. The van der Waals surface area contributed by atoms with Crippen molar-refractivity contribution in [2.45, 2.75) is 18.9 Å². The monoisotopic (exact) mass is 287 g/mol. The van der Waals surface area contributed by atoms with Crippen molar-refractivity contribution in [3.8, 4) is 11.3 Å². The summed E-state index contributed by atoms with van der Waals surface area (Å²) in [6, 6.07) is 8.87. The average molecular weight is 287 g/mol. The standard InChI is InChI=1S/C16H18FN3O/c17-13-3-1-12(2-4-13)15-11-16(18-21-15)20-10-9-19-7-5-14(20)6-8-19/h1-4,11,14H,5-10H2. The van der Waals surface area contributed by atoms with E-state index >= 15 is 0 Å². The molecule has 5 heteroatoms. The third-order valence-electron chi connectivity index (χ3n) is 4.58. The highest BCUT2D eigenvalue weighted by Crippen LogP contribution is 2.29. The van der Waals surface area contributed by atoms with Crippen molar-refractivity contribution in [2.24, 2.45) is 0 Å². The Morgan fingerprint density at radius 2 is 1.81 bits per heavy atom. The fourth-order valence-electron chi connectivity index (χ4n) is 3.34. The number of halogens is 1. The first kappa shape index (κ1) is 12.8. The molecule has 0 radical (unpaired) electrons. The van der Waals surface area contributed by atoms with Gasteiger partial charge in [-0.15, -0.1) is 0 Å². The van der Waals surface area contributed by atoms with Crippen molar-refractivity contribution in [2.75, 3.05) is 31.1 Å². The highest BCUT2D eigenvalue weighted by atomic mass is 19.1. The molecule has 0 unspecified atom stereocenters. The smallest absolute Gasteiger partial charge is 0.172 e. The number of fused-ring (bicyclic) bond motifs is 4. The number of benzene rings is 1. The molecule has 4 heterocycles. The third kappa shape index (κ3) is 2.42. The lowest BCUT2D eigenvalue weighted by molar-refractivity contribution is 0.250. The maximum absolute atomic E-state index is 13.0. The van der Waals surface area contributed by atoms with E-state index in [2.05, 4.69) is 15.0 Å². The summed E-state index contributed by atoms with van der Waals surface area (Å²) in [7, 11) is 0. The van der Waals surface area contributed by atoms with Crippen LogP contribution in [0.5, 0.6) is 0 Å². The largest absolute Gasteiger partial charge is 0.354 e. The quantitative estimate of drug-likeness (QED) is 0.850. The average Bonchev–Trinajstić information content (AvgIpc) is 2.81. The number of hydrogen-bond acceptors (Lipinski definition) is 4. The van der Waals surface area contributed by atoms with Gasteiger partial charge in [0.05, 0.1) is 0 Å². The molecule has 0 amide bonds. The maximum atomic E-state index is 13.0. The summed E-state index contributed by atoms with van der Waals surface area (Å²) in [5.41, 5.74) is 0.859. The van der Waals surface area contributed by atoms with Crippen molar-refractivity contribution in [3.63, 3.8) is 0 Å². The number of nitrogens with zero attached hydrogens (tertiary/aromatic N) is 3. The highest BCUT2D eigenvalue weighted by molar-refractivity contribution is 5.61. The van der Waals surface area contributed by atoms with Crippen LogP contribution in [0.25, 0.3) is 11.3 Å². The molecule has 3 aliphatic rings. The molecule has 1 aromatic carbocycles. The van der Waals surface area contributed by atoms with Gasteiger partial charge in [-0.2, -0.15) is 0 Å². The predicted molar refractivity (Wildman–Crippen MR) is 78.7 cm³/mol. The first-order valence-corrected chi connectivity index (χ1v) is 7.51. The number of anilines is 1. The molecular formula is C16H18FN3O. The molecule has 5 rings (SSSR count). The summed E-state index contributed by atoms with van der Waals surface area (Å²) in [4.78, 5) is 4.88. The van der Waals surface area contributed by atoms with E-state index < -0.39 is 0 Å². The minimum Gasteiger partial charge on any atom is -0.354 e. The molecule has 0 saturated carbocycles. The zero-order valence-corrected chi connectivity index (χ0v) is 11.8. The fraction of sp³-hybridized carbons (Fsp3) is 0.438. The lowest BCUT2D eigenvalue weighted by atomic mass is 10.1. The number of aromatic nitrogens is 1. The minimum atomic E-state index is -0.239. The Labute approximate surface area is 123 Å². The van der Waals surface area contributed by atoms with E-state index in [9.17, 15) is 4.39 Å². The molecule has 21 heavy (non-hydrogen) atoms. The molecule has 0 aliphatic carbocycles. The summed E-state index contributed by atoms with van der Waals surface area (Å²) in [5.74, 6) is 1.37. The second-order valence-electron chi connectivity index (χ2n) is 5.82. The van der Waals surface area contributed by atoms with Gasteiger partial charge in [0, 0.05) is 43.9 Å². The Kier molecular flexibility index (Phi) is 3.15. The Bertz CT molecular complexity index is 617. The third-order valence-corrected chi connectivity index (χ3v) is 4.58. The topological polar surface area (TPSA) is 32.5 Å². The second kappa shape index (κ2) is 5.15. The Morgan fingerprint density at radius 1 is 1.05 bits per heavy atom. The molecule has 3 saturated heterocycles. The van der Waals surface area contributed by atoms with E-state index in [4.69, 9.17) is 4.52 Å². The van der Waals surface area contributed by atoms with Crippen LogP contribution in [0.3, 0.4) is 0 Å². The van der Waals surface area contributed by atoms with Crippen LogP contribution in [0, 0.1) is 5.82 Å². The highest BCUT2D eigenvalue weighted by Gasteiger charge is 2.30. The van der Waals surface area contributed by atoms with Gasteiger partial charge in [0.2, 0.25) is 0 Å². The maximum Gasteiger partial charge on any atom is 0.172 e. The Balaban J connectivity index is 1.60. The summed E-state index contributed by atoms with van der Waals surface area (Å²) >= 11 is 0. The lowest BCUT2D eigenvalue weighted by Gasteiger charge is -2.30. The summed E-state index contributed by atoms with van der Waals surface area (Å²) in [6.07, 6.45) is 2.39. The van der Waals surface area contributed by atoms with Gasteiger partial charge in [0.1, 0.15) is 5.82 Å². The van der Waals surface area contributed by atoms with Crippen molar-refractivity contribution >= 4 is 5.82 Å². The normalized spacial score (nSPS) is 25.1. The molecule has 110 valence electrons. The molecule has 1 aromatic heterocycles. The van der Waals surface area contributed by atoms with Gasteiger partial charge in [-0.25, -0.2) is 4.39 Å². The molecule has 0 spiro atoms. The van der Waals surface area contributed by atoms with Gasteiger partial charge in [-0.1, -0.05) is 5.16 Å². The molecule has 0 N–H and O–H groups in total. The van der Waals surface area contributed by atoms with Crippen LogP contribution < -0.4 is 4.90 Å². The van der Waals surface area contributed by atoms with E-state index in [1.54, 1.807) is 12.1 Å². The van der Waals surface area contributed by atoms with Gasteiger partial charge < -0.3 is 14.3 Å². The molecule has 0 atom stereocenters. The fourth-order valence-corrected chi connectivity index (χ4v) is 3.34. The van der Waals surface area contributed by atoms with Crippen molar-refractivity contribution < 1.29 is 8.91 Å². The van der Waals surface area contributed by atoms with Gasteiger partial charge in [0.25, 0.3) is 0 Å². The zero-order valence-electron chi connectivity index (χ0n) is 11.8. The van der Waals surface area contributed by atoms with Gasteiger partial charge in [-0.05, 0) is 37.1 Å². The van der Waals surface area contributed by atoms with Crippen molar-refractivity contribution in [1.82, 2.24) is 10.1 Å². The SMILES string of the molecule is Fc1ccc(-c2cc(N3CCN4CCC3CC4)no2)cc1. The lowest BCUT2D eigenvalue weighted by Crippen LogP contribution is -2.38. The van der Waals surface area contributed by atoms with E-state index in [0.29, 0.717) is 11.8 Å². The minimum absolute atomic E-state index is 0.239. The number of rotatable bonds is 2. The second-order valence-corrected chi connectivity index (χ2v) is 5.82. The van der Waals surface area contributed by atoms with Crippen molar-refractivity contribution in [1.29, 1.82) is 0 Å². The molecule has 2 bridgehead atoms. The Hall–Kier alpha value is -1.88. The van der Waals surface area contributed by atoms with E-state index in [1.165, 1.54) is 38.1 Å². The van der Waals surface area contributed by atoms with Gasteiger partial charge in [0.15, 0.2) is 11.6 Å². The Morgan fingerprint density at radius 3 is 2.57 bits per heavy atom. The molecule has 2 aromatic rings.